The predicted octanol–water partition coefficient (Wildman–Crippen LogP) is 4.85. The summed E-state index contributed by atoms with van der Waals surface area (Å²) >= 11 is 0. The number of ether oxygens (including phenoxy) is 1. The van der Waals surface area contributed by atoms with Gasteiger partial charge in [0.05, 0.1) is 6.54 Å². The first-order chi connectivity index (χ1) is 10.9. The third kappa shape index (κ3) is 3.38. The molecule has 1 heterocycles. The maximum absolute atomic E-state index is 12.9. The Morgan fingerprint density at radius 2 is 1.67 bits per heavy atom. The van der Waals surface area contributed by atoms with Crippen LogP contribution in [-0.2, 0) is 6.54 Å². The van der Waals surface area contributed by atoms with Crippen molar-refractivity contribution < 1.29 is 22.3 Å². The summed E-state index contributed by atoms with van der Waals surface area (Å²) in [4.78, 5) is 1.69. The SMILES string of the molecule is Br.N=C1c2ccccc2CN1c1ccc(OC(F)(F)C(F)F)cc1. The minimum atomic E-state index is -4.53. The molecule has 0 radical (unpaired) electrons. The van der Waals surface area contributed by atoms with Crippen LogP contribution in [0.5, 0.6) is 5.75 Å². The van der Waals surface area contributed by atoms with Crippen molar-refractivity contribution in [2.24, 2.45) is 0 Å². The van der Waals surface area contributed by atoms with Gasteiger partial charge in [-0.15, -0.1) is 17.0 Å². The van der Waals surface area contributed by atoms with Gasteiger partial charge in [-0.05, 0) is 29.8 Å². The van der Waals surface area contributed by atoms with E-state index in [0.717, 1.165) is 11.1 Å². The molecule has 3 rings (SSSR count). The van der Waals surface area contributed by atoms with Crippen molar-refractivity contribution in [3.63, 3.8) is 0 Å². The summed E-state index contributed by atoms with van der Waals surface area (Å²) in [6.07, 6.45) is -8.43. The lowest BCUT2D eigenvalue weighted by atomic mass is 10.1. The number of nitrogens with one attached hydrogen (secondary N) is 1. The minimum absolute atomic E-state index is 0. The van der Waals surface area contributed by atoms with Gasteiger partial charge in [-0.3, -0.25) is 5.41 Å². The number of alkyl halides is 4. The second-order valence-electron chi connectivity index (χ2n) is 5.05. The van der Waals surface area contributed by atoms with Gasteiger partial charge in [0, 0.05) is 11.3 Å². The molecule has 2 aromatic rings. The predicted molar refractivity (Wildman–Crippen MR) is 87.8 cm³/mol. The second kappa shape index (κ2) is 6.80. The van der Waals surface area contributed by atoms with E-state index < -0.39 is 12.5 Å². The maximum atomic E-state index is 12.9. The van der Waals surface area contributed by atoms with E-state index >= 15 is 0 Å². The highest BCUT2D eigenvalue weighted by Gasteiger charge is 2.44. The smallest absolute Gasteiger partial charge is 0.428 e. The molecule has 0 saturated heterocycles. The van der Waals surface area contributed by atoms with Gasteiger partial charge in [0.15, 0.2) is 0 Å². The molecule has 0 saturated carbocycles. The topological polar surface area (TPSA) is 36.3 Å². The molecular weight excluding hydrogens is 392 g/mol. The molecule has 0 bridgehead atoms. The Kier molecular flexibility index (Phi) is 5.17. The lowest BCUT2D eigenvalue weighted by Gasteiger charge is -2.20. The number of hydrogen-bond donors (Lipinski definition) is 1. The molecule has 0 fully saturated rings. The largest absolute Gasteiger partial charge is 0.461 e. The Hall–Kier alpha value is -2.09. The molecule has 8 heteroatoms. The number of benzene rings is 2. The maximum Gasteiger partial charge on any atom is 0.461 e. The van der Waals surface area contributed by atoms with E-state index in [1.165, 1.54) is 24.3 Å². The quantitative estimate of drug-likeness (QED) is 0.739. The number of rotatable bonds is 4. The Morgan fingerprint density at radius 3 is 2.25 bits per heavy atom. The Balaban J connectivity index is 0.00000208. The molecule has 24 heavy (non-hydrogen) atoms. The monoisotopic (exact) mass is 404 g/mol. The summed E-state index contributed by atoms with van der Waals surface area (Å²) in [5.41, 5.74) is 2.39. The molecule has 128 valence electrons. The number of amidine groups is 1. The highest BCUT2D eigenvalue weighted by molar-refractivity contribution is 8.93. The van der Waals surface area contributed by atoms with Gasteiger partial charge in [-0.2, -0.15) is 17.6 Å². The Morgan fingerprint density at radius 1 is 1.04 bits per heavy atom. The van der Waals surface area contributed by atoms with E-state index in [2.05, 4.69) is 4.74 Å². The van der Waals surface area contributed by atoms with Crippen molar-refractivity contribution in [2.45, 2.75) is 19.1 Å². The van der Waals surface area contributed by atoms with Crippen LogP contribution in [0.25, 0.3) is 0 Å². The number of anilines is 1. The molecule has 1 aliphatic rings. The van der Waals surface area contributed by atoms with E-state index in [0.29, 0.717) is 18.1 Å². The zero-order valence-corrected chi connectivity index (χ0v) is 13.9. The number of halogens is 5. The van der Waals surface area contributed by atoms with Crippen LogP contribution in [0.4, 0.5) is 23.2 Å². The minimum Gasteiger partial charge on any atom is -0.428 e. The molecule has 0 spiro atoms. The van der Waals surface area contributed by atoms with Gasteiger partial charge in [0.25, 0.3) is 0 Å². The number of hydrogen-bond acceptors (Lipinski definition) is 2. The first kappa shape index (κ1) is 18.3. The molecule has 1 aliphatic heterocycles. The molecule has 0 unspecified atom stereocenters. The van der Waals surface area contributed by atoms with Crippen LogP contribution in [0.2, 0.25) is 0 Å². The highest BCUT2D eigenvalue weighted by Crippen LogP contribution is 2.31. The van der Waals surface area contributed by atoms with E-state index in [9.17, 15) is 17.6 Å². The van der Waals surface area contributed by atoms with Gasteiger partial charge in [0.1, 0.15) is 11.6 Å². The fourth-order valence-electron chi connectivity index (χ4n) is 2.40. The van der Waals surface area contributed by atoms with Crippen LogP contribution in [0.1, 0.15) is 11.1 Å². The van der Waals surface area contributed by atoms with Gasteiger partial charge < -0.3 is 9.64 Å². The fraction of sp³-hybridized carbons (Fsp3) is 0.188. The summed E-state index contributed by atoms with van der Waals surface area (Å²) in [5, 5.41) is 8.15. The van der Waals surface area contributed by atoms with Crippen LogP contribution < -0.4 is 9.64 Å². The highest BCUT2D eigenvalue weighted by atomic mass is 79.9. The standard InChI is InChI=1S/C16H12F4N2O.BrH/c17-15(18)16(19,20)23-12-7-5-11(6-8-12)22-9-10-3-1-2-4-13(10)14(22)21;/h1-8,15,21H,9H2;1H. The van der Waals surface area contributed by atoms with Crippen LogP contribution in [0.3, 0.4) is 0 Å². The second-order valence-corrected chi connectivity index (χ2v) is 5.05. The molecule has 3 nitrogen and oxygen atoms in total. The first-order valence-electron chi connectivity index (χ1n) is 6.78. The molecule has 0 amide bonds. The summed E-state index contributed by atoms with van der Waals surface area (Å²) < 4.78 is 54.0. The normalized spacial score (nSPS) is 13.7. The van der Waals surface area contributed by atoms with E-state index in [1.54, 1.807) is 4.90 Å². The summed E-state index contributed by atoms with van der Waals surface area (Å²) in [6, 6.07) is 12.7. The molecule has 0 atom stereocenters. The van der Waals surface area contributed by atoms with Crippen molar-refractivity contribution in [1.82, 2.24) is 0 Å². The van der Waals surface area contributed by atoms with E-state index in [1.807, 2.05) is 24.3 Å². The molecule has 0 aromatic heterocycles. The Labute approximate surface area is 146 Å². The van der Waals surface area contributed by atoms with Crippen molar-refractivity contribution in [1.29, 1.82) is 5.41 Å². The molecule has 2 aromatic carbocycles. The Bertz CT molecular complexity index is 737. The average Bonchev–Trinajstić information content (AvgIpc) is 2.85. The van der Waals surface area contributed by atoms with Gasteiger partial charge in [0.2, 0.25) is 0 Å². The van der Waals surface area contributed by atoms with Crippen molar-refractivity contribution in [3.05, 3.63) is 59.7 Å². The first-order valence-corrected chi connectivity index (χ1v) is 6.78. The lowest BCUT2D eigenvalue weighted by molar-refractivity contribution is -0.253. The average molecular weight is 405 g/mol. The van der Waals surface area contributed by atoms with Gasteiger partial charge in [-0.1, -0.05) is 24.3 Å². The fourth-order valence-corrected chi connectivity index (χ4v) is 2.40. The molecule has 0 aliphatic carbocycles. The van der Waals surface area contributed by atoms with Crippen molar-refractivity contribution in [3.8, 4) is 5.75 Å². The lowest BCUT2D eigenvalue weighted by Crippen LogP contribution is -2.33. The third-order valence-electron chi connectivity index (χ3n) is 3.53. The molecule has 1 N–H and O–H groups in total. The third-order valence-corrected chi connectivity index (χ3v) is 3.53. The summed E-state index contributed by atoms with van der Waals surface area (Å²) in [6.45, 7) is 0.488. The van der Waals surface area contributed by atoms with Crippen LogP contribution in [-0.4, -0.2) is 18.4 Å². The zero-order valence-electron chi connectivity index (χ0n) is 12.2. The van der Waals surface area contributed by atoms with Crippen molar-refractivity contribution in [2.75, 3.05) is 4.90 Å². The van der Waals surface area contributed by atoms with Gasteiger partial charge in [-0.25, -0.2) is 0 Å². The molecular formula is C16H13BrF4N2O. The van der Waals surface area contributed by atoms with Crippen LogP contribution in [0.15, 0.2) is 48.5 Å². The van der Waals surface area contributed by atoms with E-state index in [4.69, 9.17) is 5.41 Å². The number of nitrogens with zero attached hydrogens (tertiary/aromatic N) is 1. The van der Waals surface area contributed by atoms with Crippen LogP contribution in [0, 0.1) is 5.41 Å². The van der Waals surface area contributed by atoms with Gasteiger partial charge >= 0.3 is 12.5 Å². The van der Waals surface area contributed by atoms with Crippen molar-refractivity contribution >= 4 is 28.5 Å². The van der Waals surface area contributed by atoms with E-state index in [-0.39, 0.29) is 22.7 Å². The van der Waals surface area contributed by atoms with Crippen LogP contribution >= 0.6 is 17.0 Å². The number of fused-ring (bicyclic) bond motifs is 1. The summed E-state index contributed by atoms with van der Waals surface area (Å²) in [5.74, 6) is -0.0607. The summed E-state index contributed by atoms with van der Waals surface area (Å²) in [7, 11) is 0. The zero-order chi connectivity index (χ0) is 16.6.